The molecule has 0 aliphatic carbocycles. The molecule has 0 saturated carbocycles. The SMILES string of the molecule is CCOc1ccc(C(=O)c2cccc(Br)c2Cl)cc1Br. The van der Waals surface area contributed by atoms with E-state index in [4.69, 9.17) is 16.3 Å². The average Bonchev–Trinajstić information content (AvgIpc) is 2.43. The van der Waals surface area contributed by atoms with Gasteiger partial charge in [0.2, 0.25) is 0 Å². The van der Waals surface area contributed by atoms with E-state index in [-0.39, 0.29) is 5.78 Å². The van der Waals surface area contributed by atoms with Crippen LogP contribution in [0.3, 0.4) is 0 Å². The first-order valence-electron chi connectivity index (χ1n) is 5.95. The molecule has 0 aromatic heterocycles. The number of hydrogen-bond donors (Lipinski definition) is 0. The monoisotopic (exact) mass is 416 g/mol. The van der Waals surface area contributed by atoms with E-state index in [0.717, 1.165) is 4.47 Å². The summed E-state index contributed by atoms with van der Waals surface area (Å²) in [6.45, 7) is 2.48. The zero-order chi connectivity index (χ0) is 14.7. The Morgan fingerprint density at radius 1 is 1.20 bits per heavy atom. The lowest BCUT2D eigenvalue weighted by molar-refractivity contribution is 0.103. The molecule has 2 aromatic rings. The summed E-state index contributed by atoms with van der Waals surface area (Å²) in [7, 11) is 0. The van der Waals surface area contributed by atoms with Gasteiger partial charge in [-0.25, -0.2) is 0 Å². The van der Waals surface area contributed by atoms with E-state index >= 15 is 0 Å². The van der Waals surface area contributed by atoms with Gasteiger partial charge < -0.3 is 4.74 Å². The van der Waals surface area contributed by atoms with Crippen molar-refractivity contribution in [1.82, 2.24) is 0 Å². The number of hydrogen-bond acceptors (Lipinski definition) is 2. The molecule has 0 bridgehead atoms. The molecule has 0 aliphatic heterocycles. The highest BCUT2D eigenvalue weighted by atomic mass is 79.9. The normalized spacial score (nSPS) is 10.4. The molecule has 0 unspecified atom stereocenters. The van der Waals surface area contributed by atoms with Crippen molar-refractivity contribution >= 4 is 49.2 Å². The van der Waals surface area contributed by atoms with Gasteiger partial charge in [0.15, 0.2) is 5.78 Å². The number of halogens is 3. The van der Waals surface area contributed by atoms with E-state index in [1.54, 1.807) is 36.4 Å². The summed E-state index contributed by atoms with van der Waals surface area (Å²) in [6.07, 6.45) is 0. The highest BCUT2D eigenvalue weighted by molar-refractivity contribution is 9.10. The maximum atomic E-state index is 12.5. The van der Waals surface area contributed by atoms with E-state index in [9.17, 15) is 4.79 Å². The summed E-state index contributed by atoms with van der Waals surface area (Å²) >= 11 is 12.9. The van der Waals surface area contributed by atoms with Crippen LogP contribution in [0, 0.1) is 0 Å². The van der Waals surface area contributed by atoms with E-state index in [2.05, 4.69) is 31.9 Å². The van der Waals surface area contributed by atoms with Crippen LogP contribution in [0.15, 0.2) is 45.3 Å². The Bertz CT molecular complexity index is 656. The molecule has 2 nitrogen and oxygen atoms in total. The van der Waals surface area contributed by atoms with Gasteiger partial charge in [-0.2, -0.15) is 0 Å². The Hall–Kier alpha value is -0.840. The highest BCUT2D eigenvalue weighted by Crippen LogP contribution is 2.30. The third-order valence-electron chi connectivity index (χ3n) is 2.69. The molecule has 5 heteroatoms. The van der Waals surface area contributed by atoms with Crippen LogP contribution in [0.2, 0.25) is 5.02 Å². The van der Waals surface area contributed by atoms with Crippen LogP contribution < -0.4 is 4.74 Å². The first-order valence-corrected chi connectivity index (χ1v) is 7.92. The maximum Gasteiger partial charge on any atom is 0.194 e. The number of ketones is 1. The summed E-state index contributed by atoms with van der Waals surface area (Å²) in [5.74, 6) is 0.587. The number of rotatable bonds is 4. The first kappa shape index (κ1) is 15.5. The largest absolute Gasteiger partial charge is 0.493 e. The number of carbonyl (C=O) groups is 1. The minimum atomic E-state index is -0.125. The Balaban J connectivity index is 2.39. The van der Waals surface area contributed by atoms with Crippen LogP contribution in [-0.4, -0.2) is 12.4 Å². The molecule has 0 saturated heterocycles. The lowest BCUT2D eigenvalue weighted by atomic mass is 10.0. The van der Waals surface area contributed by atoms with Gasteiger partial charge >= 0.3 is 0 Å². The van der Waals surface area contributed by atoms with Crippen molar-refractivity contribution in [2.24, 2.45) is 0 Å². The molecule has 0 heterocycles. The zero-order valence-corrected chi connectivity index (χ0v) is 14.5. The average molecular weight is 419 g/mol. The van der Waals surface area contributed by atoms with Gasteiger partial charge in [-0.15, -0.1) is 0 Å². The van der Waals surface area contributed by atoms with Gasteiger partial charge in [0, 0.05) is 15.6 Å². The van der Waals surface area contributed by atoms with E-state index in [1.165, 1.54) is 0 Å². The minimum Gasteiger partial charge on any atom is -0.493 e. The summed E-state index contributed by atoms with van der Waals surface area (Å²) < 4.78 is 6.88. The van der Waals surface area contributed by atoms with Crippen molar-refractivity contribution in [2.45, 2.75) is 6.92 Å². The fraction of sp³-hybridized carbons (Fsp3) is 0.133. The lowest BCUT2D eigenvalue weighted by Gasteiger charge is -2.09. The molecular formula is C15H11Br2ClO2. The van der Waals surface area contributed by atoms with Crippen molar-refractivity contribution in [3.8, 4) is 5.75 Å². The molecule has 0 N–H and O–H groups in total. The fourth-order valence-corrected chi connectivity index (χ4v) is 2.82. The molecule has 2 aromatic carbocycles. The predicted molar refractivity (Wildman–Crippen MR) is 87.9 cm³/mol. The fourth-order valence-electron chi connectivity index (χ4n) is 1.75. The van der Waals surface area contributed by atoms with Crippen molar-refractivity contribution in [3.63, 3.8) is 0 Å². The van der Waals surface area contributed by atoms with Crippen LogP contribution in [0.5, 0.6) is 5.75 Å². The Labute approximate surface area is 139 Å². The van der Waals surface area contributed by atoms with Crippen molar-refractivity contribution in [3.05, 3.63) is 61.5 Å². The summed E-state index contributed by atoms with van der Waals surface area (Å²) in [4.78, 5) is 12.5. The first-order chi connectivity index (χ1) is 9.54. The standard InChI is InChI=1S/C15H11Br2ClO2/c1-2-20-13-7-6-9(8-12(13)17)15(19)10-4-3-5-11(16)14(10)18/h3-8H,2H2,1H3. The van der Waals surface area contributed by atoms with Crippen molar-refractivity contribution < 1.29 is 9.53 Å². The minimum absolute atomic E-state index is 0.125. The lowest BCUT2D eigenvalue weighted by Crippen LogP contribution is -2.03. The molecular weight excluding hydrogens is 407 g/mol. The van der Waals surface area contributed by atoms with Crippen LogP contribution in [0.25, 0.3) is 0 Å². The molecule has 0 spiro atoms. The zero-order valence-electron chi connectivity index (χ0n) is 10.6. The van der Waals surface area contributed by atoms with Crippen LogP contribution >= 0.6 is 43.5 Å². The van der Waals surface area contributed by atoms with E-state index in [1.807, 2.05) is 6.92 Å². The molecule has 20 heavy (non-hydrogen) atoms. The smallest absolute Gasteiger partial charge is 0.194 e. The Kier molecular flexibility index (Phi) is 5.24. The highest BCUT2D eigenvalue weighted by Gasteiger charge is 2.15. The molecule has 2 rings (SSSR count). The topological polar surface area (TPSA) is 26.3 Å². The third-order valence-corrected chi connectivity index (χ3v) is 4.61. The van der Waals surface area contributed by atoms with Gasteiger partial charge in [0.1, 0.15) is 5.75 Å². The molecule has 0 aliphatic rings. The van der Waals surface area contributed by atoms with Crippen LogP contribution in [0.4, 0.5) is 0 Å². The second-order valence-corrected chi connectivity index (χ2v) is 6.10. The van der Waals surface area contributed by atoms with Crippen molar-refractivity contribution in [2.75, 3.05) is 6.61 Å². The number of benzene rings is 2. The molecule has 0 fully saturated rings. The number of carbonyl (C=O) groups excluding carboxylic acids is 1. The van der Waals surface area contributed by atoms with Gasteiger partial charge in [-0.1, -0.05) is 17.7 Å². The second kappa shape index (κ2) is 6.74. The predicted octanol–water partition coefficient (Wildman–Crippen LogP) is 5.49. The summed E-state index contributed by atoms with van der Waals surface area (Å²) in [5, 5.41) is 0.419. The van der Waals surface area contributed by atoms with Crippen molar-refractivity contribution in [1.29, 1.82) is 0 Å². The Morgan fingerprint density at radius 3 is 2.60 bits per heavy atom. The van der Waals surface area contributed by atoms with E-state index < -0.39 is 0 Å². The summed E-state index contributed by atoms with van der Waals surface area (Å²) in [5.41, 5.74) is 1.03. The second-order valence-electron chi connectivity index (χ2n) is 4.01. The Morgan fingerprint density at radius 2 is 1.95 bits per heavy atom. The number of ether oxygens (including phenoxy) is 1. The molecule has 0 radical (unpaired) electrons. The molecule has 0 amide bonds. The van der Waals surface area contributed by atoms with Gasteiger partial charge in [0.05, 0.1) is 16.1 Å². The van der Waals surface area contributed by atoms with E-state index in [0.29, 0.717) is 33.0 Å². The molecule has 0 atom stereocenters. The van der Waals surface area contributed by atoms with Gasteiger partial charge in [0.25, 0.3) is 0 Å². The third kappa shape index (κ3) is 3.25. The van der Waals surface area contributed by atoms with Gasteiger partial charge in [-0.3, -0.25) is 4.79 Å². The van der Waals surface area contributed by atoms with Crippen LogP contribution in [-0.2, 0) is 0 Å². The van der Waals surface area contributed by atoms with Gasteiger partial charge in [-0.05, 0) is 69.1 Å². The van der Waals surface area contributed by atoms with Crippen LogP contribution in [0.1, 0.15) is 22.8 Å². The maximum absolute atomic E-state index is 12.5. The molecule has 104 valence electrons. The summed E-state index contributed by atoms with van der Waals surface area (Å²) in [6, 6.07) is 10.5. The quantitative estimate of drug-likeness (QED) is 0.614.